The minimum absolute atomic E-state index is 0.251. The fraction of sp³-hybridized carbons (Fsp3) is 0.160. The third kappa shape index (κ3) is 6.98. The minimum Gasteiger partial charge on any atom is -0.493 e. The number of carbonyl (C=O) groups is 2. The molecule has 0 atom stereocenters. The summed E-state index contributed by atoms with van der Waals surface area (Å²) in [6.07, 6.45) is 1.48. The summed E-state index contributed by atoms with van der Waals surface area (Å²) in [5.74, 6) is 0.618. The van der Waals surface area contributed by atoms with Gasteiger partial charge in [-0.2, -0.15) is 5.10 Å². The number of rotatable bonds is 10. The van der Waals surface area contributed by atoms with Crippen molar-refractivity contribution in [3.8, 4) is 17.2 Å². The zero-order chi connectivity index (χ0) is 24.3. The van der Waals surface area contributed by atoms with Crippen molar-refractivity contribution in [1.29, 1.82) is 0 Å². The molecule has 176 valence electrons. The SMILES string of the molecule is COc1ccc(C(=O)NCC(=O)N/N=C/c2ccccc2OCc2ccc(Cl)cc2)cc1OC. The highest BCUT2D eigenvalue weighted by Crippen LogP contribution is 2.27. The topological polar surface area (TPSA) is 98.2 Å². The molecule has 0 fully saturated rings. The molecule has 0 bridgehead atoms. The van der Waals surface area contributed by atoms with Crippen LogP contribution in [0.1, 0.15) is 21.5 Å². The number of para-hydroxylation sites is 1. The second-order valence-corrected chi connectivity index (χ2v) is 7.44. The first kappa shape index (κ1) is 24.6. The number of methoxy groups -OCH3 is 2. The number of carbonyl (C=O) groups excluding carboxylic acids is 2. The van der Waals surface area contributed by atoms with Gasteiger partial charge in [0.25, 0.3) is 11.8 Å². The molecule has 0 radical (unpaired) electrons. The largest absolute Gasteiger partial charge is 0.493 e. The molecular weight excluding hydrogens is 458 g/mol. The molecule has 34 heavy (non-hydrogen) atoms. The van der Waals surface area contributed by atoms with Gasteiger partial charge in [0.2, 0.25) is 0 Å². The fourth-order valence-electron chi connectivity index (χ4n) is 2.91. The van der Waals surface area contributed by atoms with E-state index in [4.69, 9.17) is 25.8 Å². The quantitative estimate of drug-likeness (QED) is 0.339. The molecule has 3 aromatic rings. The van der Waals surface area contributed by atoms with E-state index in [1.165, 1.54) is 26.5 Å². The highest BCUT2D eigenvalue weighted by atomic mass is 35.5. The molecule has 0 spiro atoms. The van der Waals surface area contributed by atoms with Gasteiger partial charge in [-0.05, 0) is 48.0 Å². The molecule has 0 unspecified atom stereocenters. The Morgan fingerprint density at radius 1 is 0.941 bits per heavy atom. The summed E-state index contributed by atoms with van der Waals surface area (Å²) in [5, 5.41) is 7.15. The van der Waals surface area contributed by atoms with Crippen molar-refractivity contribution in [2.45, 2.75) is 6.61 Å². The van der Waals surface area contributed by atoms with Gasteiger partial charge in [0, 0.05) is 16.1 Å². The molecule has 8 nitrogen and oxygen atoms in total. The average molecular weight is 482 g/mol. The summed E-state index contributed by atoms with van der Waals surface area (Å²) in [7, 11) is 2.98. The van der Waals surface area contributed by atoms with E-state index in [-0.39, 0.29) is 6.54 Å². The maximum atomic E-state index is 12.3. The summed E-state index contributed by atoms with van der Waals surface area (Å²) in [4.78, 5) is 24.4. The number of hydrogen-bond acceptors (Lipinski definition) is 6. The molecule has 3 rings (SSSR count). The van der Waals surface area contributed by atoms with Crippen LogP contribution in [-0.2, 0) is 11.4 Å². The molecule has 3 aromatic carbocycles. The molecule has 9 heteroatoms. The van der Waals surface area contributed by atoms with E-state index in [0.717, 1.165) is 5.56 Å². The van der Waals surface area contributed by atoms with E-state index >= 15 is 0 Å². The van der Waals surface area contributed by atoms with Crippen molar-refractivity contribution in [2.75, 3.05) is 20.8 Å². The number of nitrogens with one attached hydrogen (secondary N) is 2. The van der Waals surface area contributed by atoms with Crippen LogP contribution < -0.4 is 25.0 Å². The second kappa shape index (κ2) is 12.3. The summed E-state index contributed by atoms with van der Waals surface area (Å²) < 4.78 is 16.2. The predicted octanol–water partition coefficient (Wildman–Crippen LogP) is 3.82. The summed E-state index contributed by atoms with van der Waals surface area (Å²) in [6, 6.07) is 19.4. The highest BCUT2D eigenvalue weighted by Gasteiger charge is 2.12. The number of hydrazone groups is 1. The van der Waals surface area contributed by atoms with Crippen molar-refractivity contribution in [2.24, 2.45) is 5.10 Å². The Morgan fingerprint density at radius 2 is 1.68 bits per heavy atom. The van der Waals surface area contributed by atoms with Crippen molar-refractivity contribution in [3.05, 3.63) is 88.4 Å². The molecule has 2 N–H and O–H groups in total. The van der Waals surface area contributed by atoms with Crippen LogP contribution >= 0.6 is 11.6 Å². The van der Waals surface area contributed by atoms with Crippen molar-refractivity contribution < 1.29 is 23.8 Å². The van der Waals surface area contributed by atoms with Gasteiger partial charge >= 0.3 is 0 Å². The monoisotopic (exact) mass is 481 g/mol. The van der Waals surface area contributed by atoms with E-state index in [2.05, 4.69) is 15.8 Å². The van der Waals surface area contributed by atoms with Crippen molar-refractivity contribution in [3.63, 3.8) is 0 Å². The number of halogens is 1. The first-order chi connectivity index (χ1) is 16.5. The van der Waals surface area contributed by atoms with Crippen LogP contribution in [0.5, 0.6) is 17.2 Å². The normalized spacial score (nSPS) is 10.6. The Hall–Kier alpha value is -4.04. The van der Waals surface area contributed by atoms with E-state index in [1.54, 1.807) is 24.3 Å². The lowest BCUT2D eigenvalue weighted by atomic mass is 10.2. The molecule has 0 heterocycles. The van der Waals surface area contributed by atoms with Crippen molar-refractivity contribution in [1.82, 2.24) is 10.7 Å². The molecular formula is C25H24ClN3O5. The third-order valence-corrected chi connectivity index (χ3v) is 4.93. The summed E-state index contributed by atoms with van der Waals surface area (Å²) >= 11 is 5.91. The standard InChI is InChI=1S/C25H24ClN3O5/c1-32-22-12-9-18(13-23(22)33-2)25(31)27-15-24(30)29-28-14-19-5-3-4-6-21(19)34-16-17-7-10-20(26)11-8-17/h3-14H,15-16H2,1-2H3,(H,27,31)(H,29,30)/b28-14+. The van der Waals surface area contributed by atoms with Gasteiger partial charge in [0.15, 0.2) is 11.5 Å². The Kier molecular flexibility index (Phi) is 8.88. The van der Waals surface area contributed by atoms with Gasteiger partial charge in [0.05, 0.1) is 27.0 Å². The maximum Gasteiger partial charge on any atom is 0.259 e. The predicted molar refractivity (Wildman–Crippen MR) is 130 cm³/mol. The van der Waals surface area contributed by atoms with Crippen molar-refractivity contribution >= 4 is 29.6 Å². The van der Waals surface area contributed by atoms with E-state index in [0.29, 0.717) is 40.0 Å². The molecule has 0 saturated heterocycles. The van der Waals surface area contributed by atoms with Crippen LogP contribution in [0, 0.1) is 0 Å². The first-order valence-corrected chi connectivity index (χ1v) is 10.7. The zero-order valence-corrected chi connectivity index (χ0v) is 19.5. The Bertz CT molecular complexity index is 1170. The fourth-order valence-corrected chi connectivity index (χ4v) is 3.04. The highest BCUT2D eigenvalue weighted by molar-refractivity contribution is 6.30. The lowest BCUT2D eigenvalue weighted by molar-refractivity contribution is -0.120. The van der Waals surface area contributed by atoms with E-state index < -0.39 is 11.8 Å². The number of benzene rings is 3. The summed E-state index contributed by atoms with van der Waals surface area (Å²) in [5.41, 5.74) is 4.37. The van der Waals surface area contributed by atoms with Gasteiger partial charge in [-0.1, -0.05) is 35.9 Å². The lowest BCUT2D eigenvalue weighted by Crippen LogP contribution is -2.34. The smallest absolute Gasteiger partial charge is 0.259 e. The number of ether oxygens (including phenoxy) is 3. The maximum absolute atomic E-state index is 12.3. The van der Waals surface area contributed by atoms with Gasteiger partial charge in [-0.25, -0.2) is 5.43 Å². The number of nitrogens with zero attached hydrogens (tertiary/aromatic N) is 1. The van der Waals surface area contributed by atoms with Crippen LogP contribution in [0.4, 0.5) is 0 Å². The third-order valence-electron chi connectivity index (χ3n) is 4.67. The molecule has 0 aromatic heterocycles. The number of hydrogen-bond donors (Lipinski definition) is 2. The van der Waals surface area contributed by atoms with Crippen LogP contribution in [-0.4, -0.2) is 38.8 Å². The van der Waals surface area contributed by atoms with Crippen LogP contribution in [0.3, 0.4) is 0 Å². The Balaban J connectivity index is 1.51. The summed E-state index contributed by atoms with van der Waals surface area (Å²) in [6.45, 7) is 0.107. The Labute approximate surface area is 202 Å². The Morgan fingerprint density at radius 3 is 2.41 bits per heavy atom. The van der Waals surface area contributed by atoms with E-state index in [9.17, 15) is 9.59 Å². The van der Waals surface area contributed by atoms with E-state index in [1.807, 2.05) is 36.4 Å². The van der Waals surface area contributed by atoms with Crippen LogP contribution in [0.2, 0.25) is 5.02 Å². The molecule has 0 aliphatic heterocycles. The second-order valence-electron chi connectivity index (χ2n) is 7.00. The molecule has 2 amide bonds. The molecule has 0 saturated carbocycles. The number of amides is 2. The van der Waals surface area contributed by atoms with Gasteiger partial charge < -0.3 is 19.5 Å². The van der Waals surface area contributed by atoms with Crippen LogP contribution in [0.25, 0.3) is 0 Å². The van der Waals surface area contributed by atoms with Gasteiger partial charge in [-0.15, -0.1) is 0 Å². The average Bonchev–Trinajstić information content (AvgIpc) is 2.87. The minimum atomic E-state index is -0.482. The molecule has 0 aliphatic carbocycles. The van der Waals surface area contributed by atoms with Gasteiger partial charge in [0.1, 0.15) is 12.4 Å². The molecule has 0 aliphatic rings. The lowest BCUT2D eigenvalue weighted by Gasteiger charge is -2.10. The zero-order valence-electron chi connectivity index (χ0n) is 18.7. The first-order valence-electron chi connectivity index (χ1n) is 10.3. The van der Waals surface area contributed by atoms with Crippen LogP contribution in [0.15, 0.2) is 71.8 Å². The van der Waals surface area contributed by atoms with Gasteiger partial charge in [-0.3, -0.25) is 9.59 Å².